The average molecular weight is 421 g/mol. The van der Waals surface area contributed by atoms with Gasteiger partial charge in [0, 0.05) is 28.4 Å². The molecule has 0 bridgehead atoms. The van der Waals surface area contributed by atoms with Crippen molar-refractivity contribution >= 4 is 38.6 Å². The first-order chi connectivity index (χ1) is 13.1. The molecule has 27 heavy (non-hydrogen) atoms. The number of rotatable bonds is 4. The summed E-state index contributed by atoms with van der Waals surface area (Å²) in [6.45, 7) is 0.418. The topological polar surface area (TPSA) is 99.4 Å². The van der Waals surface area contributed by atoms with E-state index in [9.17, 15) is 10.1 Å². The number of halogens is 1. The summed E-state index contributed by atoms with van der Waals surface area (Å²) in [6, 6.07) is 11.4. The maximum atomic E-state index is 12.6. The molecule has 0 saturated heterocycles. The van der Waals surface area contributed by atoms with Gasteiger partial charge < -0.3 is 10.3 Å². The van der Waals surface area contributed by atoms with Crippen LogP contribution < -0.4 is 5.32 Å². The minimum atomic E-state index is -0.268. The van der Waals surface area contributed by atoms with Crippen molar-refractivity contribution < 1.29 is 4.79 Å². The fourth-order valence-electron chi connectivity index (χ4n) is 2.78. The highest BCUT2D eigenvalue weighted by atomic mass is 79.9. The Morgan fingerprint density at radius 1 is 1.33 bits per heavy atom. The van der Waals surface area contributed by atoms with Crippen LogP contribution in [-0.2, 0) is 6.54 Å². The van der Waals surface area contributed by atoms with Crippen LogP contribution in [0.2, 0.25) is 0 Å². The van der Waals surface area contributed by atoms with Gasteiger partial charge in [0.15, 0.2) is 0 Å². The summed E-state index contributed by atoms with van der Waals surface area (Å²) in [5.41, 5.74) is 3.21. The van der Waals surface area contributed by atoms with E-state index in [1.807, 2.05) is 24.3 Å². The number of carbonyl (C=O) groups is 1. The number of fused-ring (bicyclic) bond motifs is 1. The number of aromatic nitrogens is 4. The van der Waals surface area contributed by atoms with Crippen molar-refractivity contribution in [1.82, 2.24) is 19.7 Å². The molecule has 4 rings (SSSR count). The lowest BCUT2D eigenvalue weighted by Crippen LogP contribution is -2.11. The maximum absolute atomic E-state index is 12.6. The summed E-state index contributed by atoms with van der Waals surface area (Å²) >= 11 is 3.38. The Morgan fingerprint density at radius 3 is 3.04 bits per heavy atom. The van der Waals surface area contributed by atoms with Crippen LogP contribution in [-0.4, -0.2) is 25.7 Å². The van der Waals surface area contributed by atoms with Gasteiger partial charge in [-0.25, -0.2) is 4.98 Å². The van der Waals surface area contributed by atoms with E-state index in [2.05, 4.69) is 42.4 Å². The van der Waals surface area contributed by atoms with Crippen LogP contribution in [0.4, 0.5) is 5.69 Å². The quantitative estimate of drug-likeness (QED) is 0.525. The fraction of sp³-hybridized carbons (Fsp3) is 0.0526. The van der Waals surface area contributed by atoms with E-state index in [0.29, 0.717) is 29.0 Å². The van der Waals surface area contributed by atoms with E-state index in [1.165, 1.54) is 6.20 Å². The van der Waals surface area contributed by atoms with Crippen LogP contribution >= 0.6 is 15.9 Å². The first-order valence-corrected chi connectivity index (χ1v) is 8.88. The fourth-order valence-corrected chi connectivity index (χ4v) is 3.12. The number of H-pyrrole nitrogens is 1. The van der Waals surface area contributed by atoms with E-state index in [-0.39, 0.29) is 5.91 Å². The van der Waals surface area contributed by atoms with Crippen molar-refractivity contribution in [3.05, 3.63) is 76.3 Å². The van der Waals surface area contributed by atoms with Gasteiger partial charge in [-0.2, -0.15) is 10.4 Å². The smallest absolute Gasteiger partial charge is 0.258 e. The summed E-state index contributed by atoms with van der Waals surface area (Å²) in [5, 5.41) is 17.1. The van der Waals surface area contributed by atoms with E-state index >= 15 is 0 Å². The molecular formula is C19H13BrN6O. The molecule has 132 valence electrons. The number of nitrogens with zero attached hydrogens (tertiary/aromatic N) is 4. The number of carbonyl (C=O) groups excluding carboxylic acids is 1. The van der Waals surface area contributed by atoms with Crippen LogP contribution in [0.3, 0.4) is 0 Å². The molecule has 2 N–H and O–H groups in total. The van der Waals surface area contributed by atoms with Gasteiger partial charge in [0.05, 0.1) is 35.6 Å². The third-order valence-corrected chi connectivity index (χ3v) is 4.55. The lowest BCUT2D eigenvalue weighted by atomic mass is 10.1. The number of nitriles is 1. The molecule has 4 aromatic rings. The third kappa shape index (κ3) is 3.45. The molecule has 7 nitrogen and oxygen atoms in total. The van der Waals surface area contributed by atoms with Crippen LogP contribution in [0.15, 0.2) is 59.6 Å². The zero-order valence-corrected chi connectivity index (χ0v) is 15.6. The number of pyridine rings is 1. The van der Waals surface area contributed by atoms with E-state index in [1.54, 1.807) is 29.3 Å². The lowest BCUT2D eigenvalue weighted by Gasteiger charge is -2.04. The highest BCUT2D eigenvalue weighted by Gasteiger charge is 2.13. The number of hydrogen-bond donors (Lipinski definition) is 2. The minimum Gasteiger partial charge on any atom is -0.344 e. The Bertz CT molecular complexity index is 1190. The molecule has 0 aliphatic rings. The second kappa shape index (κ2) is 7.05. The van der Waals surface area contributed by atoms with Crippen molar-refractivity contribution in [2.24, 2.45) is 0 Å². The van der Waals surface area contributed by atoms with Crippen molar-refractivity contribution in [3.63, 3.8) is 0 Å². The van der Waals surface area contributed by atoms with Crippen molar-refractivity contribution in [2.75, 3.05) is 5.32 Å². The third-order valence-electron chi connectivity index (χ3n) is 4.11. The largest absolute Gasteiger partial charge is 0.344 e. The molecule has 0 aliphatic heterocycles. The molecule has 8 heteroatoms. The minimum absolute atomic E-state index is 0.268. The van der Waals surface area contributed by atoms with Gasteiger partial charge in [-0.15, -0.1) is 0 Å². The molecule has 0 aliphatic carbocycles. The number of amides is 1. The summed E-state index contributed by atoms with van der Waals surface area (Å²) in [5.74, 6) is -0.268. The average Bonchev–Trinajstić information content (AvgIpc) is 3.29. The van der Waals surface area contributed by atoms with E-state index < -0.39 is 0 Å². The van der Waals surface area contributed by atoms with Gasteiger partial charge in [-0.3, -0.25) is 9.48 Å². The first-order valence-electron chi connectivity index (χ1n) is 8.08. The number of aromatic amines is 1. The van der Waals surface area contributed by atoms with Crippen LogP contribution in [0.5, 0.6) is 0 Å². The van der Waals surface area contributed by atoms with Crippen LogP contribution in [0.25, 0.3) is 11.0 Å². The first kappa shape index (κ1) is 17.0. The standard InChI is InChI=1S/C19H13BrN6O/c20-15-5-16-17(9-23-18(16)22-8-15)25-19(27)14-7-24-26(11-14)10-13-4-2-1-3-12(13)6-21/h1-5,7-9,11H,10H2,(H,22,23)(H,25,27). The number of benzene rings is 1. The summed E-state index contributed by atoms with van der Waals surface area (Å²) < 4.78 is 2.47. The van der Waals surface area contributed by atoms with Crippen molar-refractivity contribution in [2.45, 2.75) is 6.54 Å². The number of nitrogens with one attached hydrogen (secondary N) is 2. The molecule has 0 fully saturated rings. The Kier molecular flexibility index (Phi) is 4.44. The van der Waals surface area contributed by atoms with Crippen molar-refractivity contribution in [3.8, 4) is 6.07 Å². The highest BCUT2D eigenvalue weighted by Crippen LogP contribution is 2.25. The zero-order chi connectivity index (χ0) is 18.8. The monoisotopic (exact) mass is 420 g/mol. The van der Waals surface area contributed by atoms with Gasteiger partial charge in [-0.05, 0) is 33.6 Å². The second-order valence-electron chi connectivity index (χ2n) is 5.90. The predicted octanol–water partition coefficient (Wildman–Crippen LogP) is 3.69. The SMILES string of the molecule is N#Cc1ccccc1Cn1cc(C(=O)Nc2c[nH]c3ncc(Br)cc23)cn1. The van der Waals surface area contributed by atoms with Gasteiger partial charge in [0.1, 0.15) is 5.65 Å². The van der Waals surface area contributed by atoms with Crippen LogP contribution in [0, 0.1) is 11.3 Å². The molecule has 0 spiro atoms. The Hall–Kier alpha value is -3.44. The highest BCUT2D eigenvalue weighted by molar-refractivity contribution is 9.10. The number of hydrogen-bond acceptors (Lipinski definition) is 4. The maximum Gasteiger partial charge on any atom is 0.258 e. The second-order valence-corrected chi connectivity index (χ2v) is 6.82. The molecule has 0 atom stereocenters. The molecule has 3 heterocycles. The molecule has 3 aromatic heterocycles. The van der Waals surface area contributed by atoms with E-state index in [4.69, 9.17) is 0 Å². The predicted molar refractivity (Wildman–Crippen MR) is 104 cm³/mol. The van der Waals surface area contributed by atoms with Crippen LogP contribution in [0.1, 0.15) is 21.5 Å². The Balaban J connectivity index is 1.53. The van der Waals surface area contributed by atoms with Gasteiger partial charge in [-0.1, -0.05) is 18.2 Å². The molecule has 1 amide bonds. The molecule has 0 radical (unpaired) electrons. The van der Waals surface area contributed by atoms with E-state index in [0.717, 1.165) is 15.4 Å². The molecule has 0 saturated carbocycles. The summed E-state index contributed by atoms with van der Waals surface area (Å²) in [6.07, 6.45) is 6.56. The Morgan fingerprint density at radius 2 is 2.19 bits per heavy atom. The molecular weight excluding hydrogens is 408 g/mol. The summed E-state index contributed by atoms with van der Waals surface area (Å²) in [4.78, 5) is 19.8. The molecule has 1 aromatic carbocycles. The van der Waals surface area contributed by atoms with Gasteiger partial charge in [0.25, 0.3) is 5.91 Å². The normalized spacial score (nSPS) is 10.7. The summed E-state index contributed by atoms with van der Waals surface area (Å²) in [7, 11) is 0. The lowest BCUT2D eigenvalue weighted by molar-refractivity contribution is 0.102. The van der Waals surface area contributed by atoms with Gasteiger partial charge in [0.2, 0.25) is 0 Å². The Labute approximate surface area is 162 Å². The van der Waals surface area contributed by atoms with Crippen molar-refractivity contribution in [1.29, 1.82) is 5.26 Å². The number of anilines is 1. The van der Waals surface area contributed by atoms with Gasteiger partial charge >= 0.3 is 0 Å². The molecule has 0 unspecified atom stereocenters. The zero-order valence-electron chi connectivity index (χ0n) is 14.0.